The second-order valence-electron chi connectivity index (χ2n) is 7.64. The number of hydrogen-bond acceptors (Lipinski definition) is 3. The molecule has 6 nitrogen and oxygen atoms in total. The van der Waals surface area contributed by atoms with Crippen molar-refractivity contribution in [3.63, 3.8) is 0 Å². The highest BCUT2D eigenvalue weighted by molar-refractivity contribution is 5.91. The number of anilines is 1. The average molecular weight is 377 g/mol. The van der Waals surface area contributed by atoms with E-state index < -0.39 is 0 Å². The summed E-state index contributed by atoms with van der Waals surface area (Å²) in [6, 6.07) is 14.6. The molecule has 146 valence electrons. The molecule has 1 aliphatic rings. The van der Waals surface area contributed by atoms with Crippen LogP contribution < -0.4 is 5.32 Å². The van der Waals surface area contributed by atoms with Gasteiger partial charge in [0.1, 0.15) is 5.82 Å². The Hall–Kier alpha value is -2.86. The Bertz CT molecular complexity index is 969. The molecule has 0 unspecified atom stereocenters. The van der Waals surface area contributed by atoms with Crippen LogP contribution in [0.3, 0.4) is 0 Å². The van der Waals surface area contributed by atoms with Crippen LogP contribution in [0, 0.1) is 13.8 Å². The van der Waals surface area contributed by atoms with Gasteiger partial charge in [0.15, 0.2) is 0 Å². The second kappa shape index (κ2) is 7.64. The molecule has 1 fully saturated rings. The average Bonchev–Trinajstić information content (AvgIpc) is 3.36. The third kappa shape index (κ3) is 3.73. The molecule has 0 bridgehead atoms. The van der Waals surface area contributed by atoms with Crippen LogP contribution in [-0.2, 0) is 11.8 Å². The Kier molecular flexibility index (Phi) is 5.05. The first-order chi connectivity index (χ1) is 13.5. The predicted molar refractivity (Wildman–Crippen MR) is 111 cm³/mol. The topological polar surface area (TPSA) is 55.1 Å². The van der Waals surface area contributed by atoms with Crippen molar-refractivity contribution in [3.05, 3.63) is 65.6 Å². The molecule has 6 heteroatoms. The molecule has 0 saturated carbocycles. The van der Waals surface area contributed by atoms with E-state index in [9.17, 15) is 4.79 Å². The zero-order chi connectivity index (χ0) is 19.7. The van der Waals surface area contributed by atoms with Crippen molar-refractivity contribution in [2.24, 2.45) is 7.05 Å². The fourth-order valence-electron chi connectivity index (χ4n) is 4.01. The third-order valence-corrected chi connectivity index (χ3v) is 5.41. The zero-order valence-electron chi connectivity index (χ0n) is 16.7. The monoisotopic (exact) mass is 377 g/mol. The van der Waals surface area contributed by atoms with Gasteiger partial charge in [0.25, 0.3) is 0 Å². The first kappa shape index (κ1) is 18.5. The van der Waals surface area contributed by atoms with Crippen molar-refractivity contribution in [2.75, 3.05) is 18.4 Å². The van der Waals surface area contributed by atoms with Crippen LogP contribution in [0.1, 0.15) is 35.8 Å². The summed E-state index contributed by atoms with van der Waals surface area (Å²) < 4.78 is 3.95. The first-order valence-electron chi connectivity index (χ1n) is 9.80. The Morgan fingerprint density at radius 2 is 2.00 bits per heavy atom. The van der Waals surface area contributed by atoms with Gasteiger partial charge in [-0.25, -0.2) is 4.68 Å². The summed E-state index contributed by atoms with van der Waals surface area (Å²) in [4.78, 5) is 15.1. The Morgan fingerprint density at radius 1 is 1.21 bits per heavy atom. The van der Waals surface area contributed by atoms with Crippen molar-refractivity contribution in [2.45, 2.75) is 32.7 Å². The Balaban J connectivity index is 1.48. The summed E-state index contributed by atoms with van der Waals surface area (Å²) in [5.41, 5.74) is 4.28. The number of nitrogens with one attached hydrogen (secondary N) is 1. The van der Waals surface area contributed by atoms with Crippen molar-refractivity contribution < 1.29 is 4.79 Å². The second-order valence-corrected chi connectivity index (χ2v) is 7.64. The molecule has 1 N–H and O–H groups in total. The van der Waals surface area contributed by atoms with E-state index in [1.54, 1.807) is 4.68 Å². The van der Waals surface area contributed by atoms with Gasteiger partial charge in [-0.05, 0) is 57.5 Å². The van der Waals surface area contributed by atoms with E-state index in [0.717, 1.165) is 30.8 Å². The highest BCUT2D eigenvalue weighted by atomic mass is 16.2. The van der Waals surface area contributed by atoms with E-state index in [1.807, 2.05) is 37.3 Å². The van der Waals surface area contributed by atoms with Crippen LogP contribution in [0.5, 0.6) is 0 Å². The maximum absolute atomic E-state index is 12.8. The molecule has 0 aliphatic carbocycles. The molecule has 0 radical (unpaired) electrons. The number of likely N-dealkylation sites (tertiary alicyclic amines) is 1. The van der Waals surface area contributed by atoms with Crippen molar-refractivity contribution in [1.82, 2.24) is 19.2 Å². The summed E-state index contributed by atoms with van der Waals surface area (Å²) in [5.74, 6) is 0.704. The number of carbonyl (C=O) groups excluding carboxylic acids is 1. The molecule has 1 atom stereocenters. The van der Waals surface area contributed by atoms with Gasteiger partial charge in [0.2, 0.25) is 5.91 Å². The van der Waals surface area contributed by atoms with E-state index in [-0.39, 0.29) is 5.91 Å². The van der Waals surface area contributed by atoms with Gasteiger partial charge in [-0.15, -0.1) is 0 Å². The lowest BCUT2D eigenvalue weighted by molar-refractivity contribution is -0.117. The summed E-state index contributed by atoms with van der Waals surface area (Å²) in [7, 11) is 2.06. The molecule has 3 aromatic rings. The van der Waals surface area contributed by atoms with E-state index in [2.05, 4.69) is 52.2 Å². The van der Waals surface area contributed by atoms with Crippen LogP contribution in [0.2, 0.25) is 0 Å². The van der Waals surface area contributed by atoms with Crippen molar-refractivity contribution in [3.8, 4) is 5.69 Å². The molecule has 28 heavy (non-hydrogen) atoms. The summed E-state index contributed by atoms with van der Waals surface area (Å²) in [6.45, 7) is 5.32. The molecule has 1 amide bonds. The number of benzene rings is 1. The molecule has 1 aromatic carbocycles. The van der Waals surface area contributed by atoms with E-state index in [0.29, 0.717) is 18.4 Å². The lowest BCUT2D eigenvalue weighted by atomic mass is 10.1. The van der Waals surface area contributed by atoms with Gasteiger partial charge < -0.3 is 9.88 Å². The molecule has 3 heterocycles. The molecule has 1 saturated heterocycles. The van der Waals surface area contributed by atoms with Crippen LogP contribution in [0.15, 0.2) is 48.7 Å². The number of aromatic nitrogens is 3. The number of hydrogen-bond donors (Lipinski definition) is 1. The molecular weight excluding hydrogens is 350 g/mol. The fraction of sp³-hybridized carbons (Fsp3) is 0.364. The SMILES string of the molecule is Cc1ccc(-n2nc(C)cc2NC(=O)CN2CCC[C@@H]2c2cccn2C)cc1. The van der Waals surface area contributed by atoms with Gasteiger partial charge in [0, 0.05) is 25.0 Å². The molecule has 4 rings (SSSR count). The van der Waals surface area contributed by atoms with Gasteiger partial charge in [-0.1, -0.05) is 17.7 Å². The Morgan fingerprint density at radius 3 is 2.71 bits per heavy atom. The van der Waals surface area contributed by atoms with Gasteiger partial charge in [-0.2, -0.15) is 5.10 Å². The maximum Gasteiger partial charge on any atom is 0.239 e. The van der Waals surface area contributed by atoms with Gasteiger partial charge >= 0.3 is 0 Å². The zero-order valence-corrected chi connectivity index (χ0v) is 16.7. The lowest BCUT2D eigenvalue weighted by Crippen LogP contribution is -2.33. The van der Waals surface area contributed by atoms with Crippen LogP contribution >= 0.6 is 0 Å². The smallest absolute Gasteiger partial charge is 0.239 e. The number of aryl methyl sites for hydroxylation is 3. The Labute approximate surface area is 165 Å². The van der Waals surface area contributed by atoms with Crippen LogP contribution in [-0.4, -0.2) is 38.2 Å². The van der Waals surface area contributed by atoms with Crippen LogP contribution in [0.25, 0.3) is 5.69 Å². The fourth-order valence-corrected chi connectivity index (χ4v) is 4.01. The quantitative estimate of drug-likeness (QED) is 0.739. The number of carbonyl (C=O) groups is 1. The highest BCUT2D eigenvalue weighted by Crippen LogP contribution is 2.31. The number of rotatable bonds is 5. The summed E-state index contributed by atoms with van der Waals surface area (Å²) in [5, 5.41) is 7.61. The molecule has 1 aliphatic heterocycles. The lowest BCUT2D eigenvalue weighted by Gasteiger charge is -2.24. The van der Waals surface area contributed by atoms with Gasteiger partial charge in [0.05, 0.1) is 24.0 Å². The number of amides is 1. The minimum atomic E-state index is -0.00521. The van der Waals surface area contributed by atoms with Gasteiger partial charge in [-0.3, -0.25) is 9.69 Å². The molecular formula is C22H27N5O. The standard InChI is InChI=1S/C22H27N5O/c1-16-8-10-18(11-9-16)27-21(14-17(2)24-27)23-22(28)15-26-13-5-7-20(26)19-6-4-12-25(19)3/h4,6,8-12,14,20H,5,7,13,15H2,1-3H3,(H,23,28)/t20-/m1/s1. The third-order valence-electron chi connectivity index (χ3n) is 5.41. The first-order valence-corrected chi connectivity index (χ1v) is 9.80. The van der Waals surface area contributed by atoms with E-state index in [4.69, 9.17) is 0 Å². The minimum absolute atomic E-state index is 0.00521. The summed E-state index contributed by atoms with van der Waals surface area (Å²) >= 11 is 0. The van der Waals surface area contributed by atoms with Crippen LogP contribution in [0.4, 0.5) is 5.82 Å². The van der Waals surface area contributed by atoms with E-state index in [1.165, 1.54) is 11.3 Å². The number of nitrogens with zero attached hydrogens (tertiary/aromatic N) is 4. The minimum Gasteiger partial charge on any atom is -0.353 e. The predicted octanol–water partition coefficient (Wildman–Crippen LogP) is 3.60. The van der Waals surface area contributed by atoms with Crippen molar-refractivity contribution in [1.29, 1.82) is 0 Å². The van der Waals surface area contributed by atoms with E-state index >= 15 is 0 Å². The largest absolute Gasteiger partial charge is 0.353 e. The molecule has 2 aromatic heterocycles. The van der Waals surface area contributed by atoms with Crippen molar-refractivity contribution >= 4 is 11.7 Å². The highest BCUT2D eigenvalue weighted by Gasteiger charge is 2.29. The maximum atomic E-state index is 12.8. The summed E-state index contributed by atoms with van der Waals surface area (Å²) in [6.07, 6.45) is 4.27. The molecule has 0 spiro atoms. The normalized spacial score (nSPS) is 17.2.